The molecule has 3 nitrogen and oxygen atoms in total. The normalized spacial score (nSPS) is 10.2. The number of anilines is 1. The largest absolute Gasteiger partial charge is 0.399 e. The monoisotopic (exact) mass is 258 g/mol. The minimum Gasteiger partial charge on any atom is -0.399 e. The van der Waals surface area contributed by atoms with Gasteiger partial charge in [-0.25, -0.2) is 4.39 Å². The van der Waals surface area contributed by atoms with E-state index in [1.807, 2.05) is 12.1 Å². The van der Waals surface area contributed by atoms with Crippen LogP contribution in [0.25, 0.3) is 0 Å². The van der Waals surface area contributed by atoms with E-state index in [1.54, 1.807) is 24.3 Å². The standard InChI is InChI=1S/C15H15FN2O/c16-13-5-1-4-12(7-13)10-18-15(19)9-11-3-2-6-14(17)8-11/h1-8H,9-10,17H2,(H,18,19). The van der Waals surface area contributed by atoms with Crippen LogP contribution in [0.3, 0.4) is 0 Å². The fourth-order valence-corrected chi connectivity index (χ4v) is 1.80. The van der Waals surface area contributed by atoms with Crippen LogP contribution in [0.5, 0.6) is 0 Å². The Hall–Kier alpha value is -2.36. The average molecular weight is 258 g/mol. The van der Waals surface area contributed by atoms with E-state index in [-0.39, 0.29) is 18.1 Å². The molecule has 2 rings (SSSR count). The number of nitrogen functional groups attached to an aromatic ring is 1. The zero-order chi connectivity index (χ0) is 13.7. The molecule has 0 aliphatic rings. The molecule has 0 aromatic heterocycles. The van der Waals surface area contributed by atoms with Gasteiger partial charge in [0.05, 0.1) is 6.42 Å². The summed E-state index contributed by atoms with van der Waals surface area (Å²) < 4.78 is 13.0. The molecule has 0 saturated heterocycles. The zero-order valence-corrected chi connectivity index (χ0v) is 10.4. The Balaban J connectivity index is 1.88. The van der Waals surface area contributed by atoms with Crippen molar-refractivity contribution in [3.63, 3.8) is 0 Å². The zero-order valence-electron chi connectivity index (χ0n) is 10.4. The maximum atomic E-state index is 13.0. The van der Waals surface area contributed by atoms with E-state index >= 15 is 0 Å². The van der Waals surface area contributed by atoms with Crippen LogP contribution in [0.2, 0.25) is 0 Å². The van der Waals surface area contributed by atoms with E-state index in [0.29, 0.717) is 12.2 Å². The lowest BCUT2D eigenvalue weighted by Gasteiger charge is -2.06. The molecule has 0 unspecified atom stereocenters. The summed E-state index contributed by atoms with van der Waals surface area (Å²) in [5, 5.41) is 2.75. The van der Waals surface area contributed by atoms with Crippen LogP contribution in [0.1, 0.15) is 11.1 Å². The maximum absolute atomic E-state index is 13.0. The highest BCUT2D eigenvalue weighted by atomic mass is 19.1. The number of nitrogens with one attached hydrogen (secondary N) is 1. The van der Waals surface area contributed by atoms with E-state index in [0.717, 1.165) is 11.1 Å². The number of benzene rings is 2. The predicted octanol–water partition coefficient (Wildman–Crippen LogP) is 2.27. The molecule has 0 radical (unpaired) electrons. The SMILES string of the molecule is Nc1cccc(CC(=O)NCc2cccc(F)c2)c1. The van der Waals surface area contributed by atoms with Gasteiger partial charge in [0.15, 0.2) is 0 Å². The lowest BCUT2D eigenvalue weighted by molar-refractivity contribution is -0.120. The molecule has 2 aromatic carbocycles. The number of carbonyl (C=O) groups is 1. The third-order valence-electron chi connectivity index (χ3n) is 2.69. The summed E-state index contributed by atoms with van der Waals surface area (Å²) >= 11 is 0. The summed E-state index contributed by atoms with van der Waals surface area (Å²) in [6.07, 6.45) is 0.264. The first-order chi connectivity index (χ1) is 9.13. The van der Waals surface area contributed by atoms with Gasteiger partial charge < -0.3 is 11.1 Å². The quantitative estimate of drug-likeness (QED) is 0.826. The first kappa shape index (κ1) is 13.1. The van der Waals surface area contributed by atoms with Crippen molar-refractivity contribution < 1.29 is 9.18 Å². The molecule has 0 bridgehead atoms. The predicted molar refractivity (Wildman–Crippen MR) is 72.8 cm³/mol. The molecule has 19 heavy (non-hydrogen) atoms. The van der Waals surface area contributed by atoms with E-state index in [4.69, 9.17) is 5.73 Å². The van der Waals surface area contributed by atoms with Crippen molar-refractivity contribution >= 4 is 11.6 Å². The van der Waals surface area contributed by atoms with Crippen LogP contribution in [0, 0.1) is 5.82 Å². The summed E-state index contributed by atoms with van der Waals surface area (Å²) in [4.78, 5) is 11.7. The molecule has 0 spiro atoms. The van der Waals surface area contributed by atoms with Crippen molar-refractivity contribution in [2.45, 2.75) is 13.0 Å². The number of hydrogen-bond acceptors (Lipinski definition) is 2. The van der Waals surface area contributed by atoms with Crippen molar-refractivity contribution in [2.24, 2.45) is 0 Å². The van der Waals surface area contributed by atoms with Crippen molar-refractivity contribution in [1.82, 2.24) is 5.32 Å². The lowest BCUT2D eigenvalue weighted by Crippen LogP contribution is -2.24. The summed E-state index contributed by atoms with van der Waals surface area (Å²) in [6, 6.07) is 13.4. The van der Waals surface area contributed by atoms with Gasteiger partial charge in [-0.05, 0) is 35.4 Å². The molecular weight excluding hydrogens is 243 g/mol. The van der Waals surface area contributed by atoms with Crippen molar-refractivity contribution in [2.75, 3.05) is 5.73 Å². The molecule has 2 aromatic rings. The Morgan fingerprint density at radius 2 is 1.84 bits per heavy atom. The van der Waals surface area contributed by atoms with Crippen LogP contribution in [-0.4, -0.2) is 5.91 Å². The average Bonchev–Trinajstić information content (AvgIpc) is 2.36. The Bertz CT molecular complexity index is 584. The molecule has 3 N–H and O–H groups in total. The molecule has 1 amide bonds. The van der Waals surface area contributed by atoms with Crippen molar-refractivity contribution in [1.29, 1.82) is 0 Å². The molecule has 0 aliphatic carbocycles. The van der Waals surface area contributed by atoms with Crippen LogP contribution in [0.4, 0.5) is 10.1 Å². The Labute approximate surface area is 111 Å². The molecule has 0 saturated carbocycles. The van der Waals surface area contributed by atoms with E-state index in [1.165, 1.54) is 12.1 Å². The third kappa shape index (κ3) is 4.10. The Morgan fingerprint density at radius 1 is 1.11 bits per heavy atom. The summed E-state index contributed by atoms with van der Waals surface area (Å²) in [7, 11) is 0. The fourth-order valence-electron chi connectivity index (χ4n) is 1.80. The number of halogens is 1. The minimum absolute atomic E-state index is 0.116. The van der Waals surface area contributed by atoms with Crippen molar-refractivity contribution in [3.8, 4) is 0 Å². The summed E-state index contributed by atoms with van der Waals surface area (Å²) in [5.74, 6) is -0.419. The number of nitrogens with two attached hydrogens (primary N) is 1. The number of amides is 1. The van der Waals surface area contributed by atoms with Gasteiger partial charge in [0.1, 0.15) is 5.82 Å². The van der Waals surface area contributed by atoms with Gasteiger partial charge >= 0.3 is 0 Å². The second-order valence-corrected chi connectivity index (χ2v) is 4.33. The highest BCUT2D eigenvalue weighted by molar-refractivity contribution is 5.78. The molecule has 0 aliphatic heterocycles. The molecule has 0 atom stereocenters. The van der Waals surface area contributed by atoms with Gasteiger partial charge in [0.2, 0.25) is 5.91 Å². The molecular formula is C15H15FN2O. The Morgan fingerprint density at radius 3 is 2.58 bits per heavy atom. The van der Waals surface area contributed by atoms with E-state index < -0.39 is 0 Å². The van der Waals surface area contributed by atoms with Gasteiger partial charge in [0, 0.05) is 12.2 Å². The van der Waals surface area contributed by atoms with Crippen LogP contribution in [-0.2, 0) is 17.8 Å². The van der Waals surface area contributed by atoms with E-state index in [2.05, 4.69) is 5.32 Å². The molecule has 98 valence electrons. The van der Waals surface area contributed by atoms with Crippen molar-refractivity contribution in [3.05, 3.63) is 65.5 Å². The summed E-state index contributed by atoms with van der Waals surface area (Å²) in [5.41, 5.74) is 7.87. The number of rotatable bonds is 4. The highest BCUT2D eigenvalue weighted by Crippen LogP contribution is 2.07. The smallest absolute Gasteiger partial charge is 0.224 e. The van der Waals surface area contributed by atoms with Gasteiger partial charge in [-0.2, -0.15) is 0 Å². The second-order valence-electron chi connectivity index (χ2n) is 4.33. The van der Waals surface area contributed by atoms with Crippen LogP contribution < -0.4 is 11.1 Å². The van der Waals surface area contributed by atoms with Crippen LogP contribution >= 0.6 is 0 Å². The molecule has 4 heteroatoms. The first-order valence-corrected chi connectivity index (χ1v) is 5.99. The maximum Gasteiger partial charge on any atom is 0.224 e. The molecule has 0 heterocycles. The van der Waals surface area contributed by atoms with E-state index in [9.17, 15) is 9.18 Å². The second kappa shape index (κ2) is 6.00. The number of carbonyl (C=O) groups excluding carboxylic acids is 1. The third-order valence-corrected chi connectivity index (χ3v) is 2.69. The number of hydrogen-bond donors (Lipinski definition) is 2. The van der Waals surface area contributed by atoms with Gasteiger partial charge in [-0.15, -0.1) is 0 Å². The van der Waals surface area contributed by atoms with Gasteiger partial charge in [-0.1, -0.05) is 24.3 Å². The van der Waals surface area contributed by atoms with Gasteiger partial charge in [0.25, 0.3) is 0 Å². The Kier molecular flexibility index (Phi) is 4.13. The lowest BCUT2D eigenvalue weighted by atomic mass is 10.1. The van der Waals surface area contributed by atoms with Gasteiger partial charge in [-0.3, -0.25) is 4.79 Å². The van der Waals surface area contributed by atoms with Crippen LogP contribution in [0.15, 0.2) is 48.5 Å². The summed E-state index contributed by atoms with van der Waals surface area (Å²) in [6.45, 7) is 0.318. The minimum atomic E-state index is -0.303. The first-order valence-electron chi connectivity index (χ1n) is 5.99. The topological polar surface area (TPSA) is 55.1 Å². The highest BCUT2D eigenvalue weighted by Gasteiger charge is 2.04. The fraction of sp³-hybridized carbons (Fsp3) is 0.133. The molecule has 0 fully saturated rings.